The van der Waals surface area contributed by atoms with Gasteiger partial charge < -0.3 is 0 Å². The van der Waals surface area contributed by atoms with Crippen LogP contribution in [0.2, 0.25) is 0 Å². The molecule has 0 heterocycles. The Balaban J connectivity index is 0.000000220. The summed E-state index contributed by atoms with van der Waals surface area (Å²) in [4.78, 5) is 0. The predicted molar refractivity (Wildman–Crippen MR) is 96.2 cm³/mol. The Morgan fingerprint density at radius 2 is 0.955 bits per heavy atom. The maximum atomic E-state index is 3.24. The molecule has 0 unspecified atom stereocenters. The standard InChI is InChI=1S/2C9H16N2/c2*1-11(2)10-8-7-9-5-3-4-6-9/h2*3-6,9-10H,7-8H2,1-2H3. The Bertz CT molecular complexity index is 332. The number of nitrogens with zero attached hydrogens (tertiary/aromatic N) is 2. The minimum absolute atomic E-state index is 0.655. The van der Waals surface area contributed by atoms with Crippen LogP contribution in [-0.4, -0.2) is 51.3 Å². The van der Waals surface area contributed by atoms with Crippen LogP contribution in [0.5, 0.6) is 0 Å². The quantitative estimate of drug-likeness (QED) is 0.674. The monoisotopic (exact) mass is 304 g/mol. The van der Waals surface area contributed by atoms with E-state index in [9.17, 15) is 0 Å². The molecular weight excluding hydrogens is 272 g/mol. The summed E-state index contributed by atoms with van der Waals surface area (Å²) in [6.07, 6.45) is 19.8. The van der Waals surface area contributed by atoms with Gasteiger partial charge in [-0.3, -0.25) is 20.9 Å². The summed E-state index contributed by atoms with van der Waals surface area (Å²) in [5.74, 6) is 1.31. The lowest BCUT2D eigenvalue weighted by atomic mass is 10.1. The molecule has 22 heavy (non-hydrogen) atoms. The smallest absolute Gasteiger partial charge is 0.0111 e. The van der Waals surface area contributed by atoms with Crippen LogP contribution in [0.3, 0.4) is 0 Å². The number of rotatable bonds is 8. The zero-order chi connectivity index (χ0) is 16.2. The average Bonchev–Trinajstić information content (AvgIpc) is 3.11. The third-order valence-electron chi connectivity index (χ3n) is 3.47. The second-order valence-corrected chi connectivity index (χ2v) is 6.05. The number of hydrogen-bond acceptors (Lipinski definition) is 4. The van der Waals surface area contributed by atoms with Gasteiger partial charge in [-0.15, -0.1) is 0 Å². The maximum absolute atomic E-state index is 3.24. The molecule has 0 aromatic carbocycles. The van der Waals surface area contributed by atoms with Crippen LogP contribution >= 0.6 is 0 Å². The Morgan fingerprint density at radius 3 is 1.23 bits per heavy atom. The molecule has 0 radical (unpaired) electrons. The molecule has 4 heteroatoms. The first kappa shape index (κ1) is 18.8. The van der Waals surface area contributed by atoms with Crippen molar-refractivity contribution in [2.75, 3.05) is 41.3 Å². The van der Waals surface area contributed by atoms with Crippen LogP contribution in [0.15, 0.2) is 48.6 Å². The number of hydrogen-bond donors (Lipinski definition) is 2. The molecule has 4 nitrogen and oxygen atoms in total. The van der Waals surface area contributed by atoms with Crippen molar-refractivity contribution in [3.63, 3.8) is 0 Å². The number of hydrazine groups is 2. The van der Waals surface area contributed by atoms with Gasteiger partial charge >= 0.3 is 0 Å². The molecule has 2 aliphatic carbocycles. The molecule has 0 saturated carbocycles. The van der Waals surface area contributed by atoms with Crippen molar-refractivity contribution < 1.29 is 0 Å². The SMILES string of the molecule is CN(C)NCCC1C=CC=C1.CN(C)NCCC1C=CC=C1. The fraction of sp³-hybridized carbons (Fsp3) is 0.556. The van der Waals surface area contributed by atoms with E-state index in [0.717, 1.165) is 13.1 Å². The molecule has 0 fully saturated rings. The van der Waals surface area contributed by atoms with Crippen molar-refractivity contribution in [1.82, 2.24) is 20.9 Å². The first-order valence-electron chi connectivity index (χ1n) is 8.09. The Labute approximate surface area is 136 Å². The molecular formula is C18H32N4. The summed E-state index contributed by atoms with van der Waals surface area (Å²) in [5, 5.41) is 3.98. The summed E-state index contributed by atoms with van der Waals surface area (Å²) in [6.45, 7) is 2.10. The van der Waals surface area contributed by atoms with Gasteiger partial charge in [0, 0.05) is 41.3 Å². The van der Waals surface area contributed by atoms with Gasteiger partial charge in [0.05, 0.1) is 0 Å². The average molecular weight is 304 g/mol. The summed E-state index contributed by atoms with van der Waals surface area (Å²) in [7, 11) is 8.06. The van der Waals surface area contributed by atoms with Crippen molar-refractivity contribution in [3.05, 3.63) is 48.6 Å². The zero-order valence-corrected chi connectivity index (χ0v) is 14.5. The van der Waals surface area contributed by atoms with Crippen molar-refractivity contribution in [2.24, 2.45) is 11.8 Å². The minimum atomic E-state index is 0.655. The third-order valence-corrected chi connectivity index (χ3v) is 3.47. The summed E-state index contributed by atoms with van der Waals surface area (Å²) < 4.78 is 0. The number of nitrogens with one attached hydrogen (secondary N) is 2. The highest BCUT2D eigenvalue weighted by Gasteiger charge is 2.02. The van der Waals surface area contributed by atoms with Crippen molar-refractivity contribution in [1.29, 1.82) is 0 Å². The largest absolute Gasteiger partial charge is 0.256 e. The molecule has 0 amide bonds. The van der Waals surface area contributed by atoms with E-state index in [0.29, 0.717) is 11.8 Å². The van der Waals surface area contributed by atoms with Crippen LogP contribution in [0.1, 0.15) is 12.8 Å². The zero-order valence-electron chi connectivity index (χ0n) is 14.5. The van der Waals surface area contributed by atoms with E-state index in [1.165, 1.54) is 12.8 Å². The highest BCUT2D eigenvalue weighted by molar-refractivity contribution is 5.17. The van der Waals surface area contributed by atoms with Crippen LogP contribution < -0.4 is 10.9 Å². The second-order valence-electron chi connectivity index (χ2n) is 6.05. The van der Waals surface area contributed by atoms with Crippen LogP contribution in [0.25, 0.3) is 0 Å². The molecule has 2 N–H and O–H groups in total. The van der Waals surface area contributed by atoms with E-state index in [1.54, 1.807) is 0 Å². The number of allylic oxidation sites excluding steroid dienone is 8. The van der Waals surface area contributed by atoms with Gasteiger partial charge in [-0.1, -0.05) is 48.6 Å². The summed E-state index contributed by atoms with van der Waals surface area (Å²) >= 11 is 0. The molecule has 2 rings (SSSR count). The van der Waals surface area contributed by atoms with Crippen molar-refractivity contribution in [3.8, 4) is 0 Å². The summed E-state index contributed by atoms with van der Waals surface area (Å²) in [6, 6.07) is 0. The van der Waals surface area contributed by atoms with Crippen LogP contribution in [0, 0.1) is 11.8 Å². The fourth-order valence-electron chi connectivity index (χ4n) is 2.25. The second kappa shape index (κ2) is 11.4. The molecule has 0 spiro atoms. The predicted octanol–water partition coefficient (Wildman–Crippen LogP) is 2.37. The molecule has 2 aliphatic rings. The van der Waals surface area contributed by atoms with Gasteiger partial charge in [-0.05, 0) is 24.7 Å². The van der Waals surface area contributed by atoms with E-state index in [4.69, 9.17) is 0 Å². The first-order chi connectivity index (χ1) is 10.6. The Hall–Kier alpha value is -1.20. The van der Waals surface area contributed by atoms with Crippen molar-refractivity contribution >= 4 is 0 Å². The highest BCUT2D eigenvalue weighted by Crippen LogP contribution is 2.12. The summed E-state index contributed by atoms with van der Waals surface area (Å²) in [5.41, 5.74) is 6.48. The van der Waals surface area contributed by atoms with E-state index in [1.807, 2.05) is 38.2 Å². The third kappa shape index (κ3) is 9.68. The van der Waals surface area contributed by atoms with Gasteiger partial charge in [0.1, 0.15) is 0 Å². The Kier molecular flexibility index (Phi) is 9.75. The molecule has 0 atom stereocenters. The van der Waals surface area contributed by atoms with Gasteiger partial charge in [0.25, 0.3) is 0 Å². The van der Waals surface area contributed by atoms with E-state index in [2.05, 4.69) is 59.5 Å². The molecule has 0 aromatic rings. The lowest BCUT2D eigenvalue weighted by Gasteiger charge is -2.12. The van der Waals surface area contributed by atoms with Gasteiger partial charge in [-0.25, -0.2) is 0 Å². The molecule has 124 valence electrons. The maximum Gasteiger partial charge on any atom is 0.0111 e. The Morgan fingerprint density at radius 1 is 0.636 bits per heavy atom. The first-order valence-corrected chi connectivity index (χ1v) is 8.09. The minimum Gasteiger partial charge on any atom is -0.256 e. The molecule has 0 aliphatic heterocycles. The molecule has 0 saturated heterocycles. The molecule has 0 aromatic heterocycles. The topological polar surface area (TPSA) is 30.5 Å². The van der Waals surface area contributed by atoms with Crippen LogP contribution in [-0.2, 0) is 0 Å². The lowest BCUT2D eigenvalue weighted by Crippen LogP contribution is -2.31. The van der Waals surface area contributed by atoms with Gasteiger partial charge in [-0.2, -0.15) is 0 Å². The van der Waals surface area contributed by atoms with Crippen molar-refractivity contribution in [2.45, 2.75) is 12.8 Å². The fourth-order valence-corrected chi connectivity index (χ4v) is 2.25. The van der Waals surface area contributed by atoms with Gasteiger partial charge in [0.2, 0.25) is 0 Å². The van der Waals surface area contributed by atoms with Gasteiger partial charge in [0.15, 0.2) is 0 Å². The normalized spacial score (nSPS) is 17.0. The lowest BCUT2D eigenvalue weighted by molar-refractivity contribution is 0.285. The van der Waals surface area contributed by atoms with E-state index in [-0.39, 0.29) is 0 Å². The van der Waals surface area contributed by atoms with E-state index < -0.39 is 0 Å². The highest BCUT2D eigenvalue weighted by atomic mass is 15.5. The molecule has 0 bridgehead atoms. The van der Waals surface area contributed by atoms with Crippen LogP contribution in [0.4, 0.5) is 0 Å². The van der Waals surface area contributed by atoms with E-state index >= 15 is 0 Å².